The smallest absolute Gasteiger partial charge is 0.373 e. The van der Waals surface area contributed by atoms with Crippen molar-refractivity contribution in [2.75, 3.05) is 5.32 Å². The first-order valence-electron chi connectivity index (χ1n) is 13.5. The number of ether oxygens (including phenoxy) is 1. The van der Waals surface area contributed by atoms with Gasteiger partial charge in [0, 0.05) is 34.8 Å². The molecule has 2 aliphatic heterocycles. The van der Waals surface area contributed by atoms with Gasteiger partial charge in [-0.05, 0) is 68.4 Å². The van der Waals surface area contributed by atoms with E-state index in [1.165, 1.54) is 0 Å². The maximum Gasteiger partial charge on any atom is 0.416 e. The fraction of sp³-hybridized carbons (Fsp3) is 0.448. The number of alkyl halides is 3. The van der Waals surface area contributed by atoms with Gasteiger partial charge < -0.3 is 19.5 Å². The number of fused-ring (bicyclic) bond motifs is 2. The van der Waals surface area contributed by atoms with Crippen LogP contribution in [0.15, 0.2) is 40.9 Å². The van der Waals surface area contributed by atoms with Gasteiger partial charge >= 0.3 is 12.2 Å². The maximum absolute atomic E-state index is 13.9. The second kappa shape index (κ2) is 10.8. The number of nitrogens with zero attached hydrogens (tertiary/aromatic N) is 2. The summed E-state index contributed by atoms with van der Waals surface area (Å²) in [6.45, 7) is 2.28. The Bertz CT molecular complexity index is 1460. The quantitative estimate of drug-likeness (QED) is 0.283. The highest BCUT2D eigenvalue weighted by molar-refractivity contribution is 6.39. The molecule has 1 aromatic heterocycles. The molecular weight excluding hydrogens is 585 g/mol. The van der Waals surface area contributed by atoms with Gasteiger partial charge in [0.05, 0.1) is 28.3 Å². The minimum Gasteiger partial charge on any atom is -0.373 e. The second-order valence-corrected chi connectivity index (χ2v) is 12.0. The molecule has 2 aromatic carbocycles. The zero-order valence-corrected chi connectivity index (χ0v) is 23.5. The Morgan fingerprint density at radius 2 is 1.88 bits per heavy atom. The Hall–Kier alpha value is -2.82. The second-order valence-electron chi connectivity index (χ2n) is 11.1. The normalized spacial score (nSPS) is 24.1. The minimum absolute atomic E-state index is 0.160. The Labute approximate surface area is 243 Å². The highest BCUT2D eigenvalue weighted by atomic mass is 35.5. The number of piperidine rings is 1. The first kappa shape index (κ1) is 28.3. The van der Waals surface area contributed by atoms with Crippen LogP contribution >= 0.6 is 23.2 Å². The first-order chi connectivity index (χ1) is 19.5. The van der Waals surface area contributed by atoms with Gasteiger partial charge in [0.25, 0.3) is 0 Å². The number of rotatable bonds is 6. The molecule has 218 valence electrons. The summed E-state index contributed by atoms with van der Waals surface area (Å²) in [5.41, 5.74) is 0.571. The number of hydrogen-bond acceptors (Lipinski definition) is 4. The number of carbonyl (C=O) groups is 1. The molecule has 3 heterocycles. The van der Waals surface area contributed by atoms with Gasteiger partial charge in [-0.15, -0.1) is 0 Å². The van der Waals surface area contributed by atoms with Crippen molar-refractivity contribution in [3.63, 3.8) is 0 Å². The number of amides is 2. The van der Waals surface area contributed by atoms with Gasteiger partial charge in [-0.2, -0.15) is 13.2 Å². The van der Waals surface area contributed by atoms with Crippen molar-refractivity contribution in [3.8, 4) is 11.3 Å². The lowest BCUT2D eigenvalue weighted by molar-refractivity contribution is -0.137. The maximum atomic E-state index is 13.9. The summed E-state index contributed by atoms with van der Waals surface area (Å²) in [6.07, 6.45) is -1.06. The average molecular weight is 612 g/mol. The molecule has 6 rings (SSSR count). The standard InChI is InChI=1S/C29H27Cl2F4N3O3/c1-14-7-19-11-20(12-24(14)38(19)28(39)36-18-9-16(29(33,34)35)8-17(32)10-18)40-13-21-26(37-41-27(21)15-5-6-15)25-22(30)3-2-4-23(25)31/h2-4,8-10,14-15,19-20,24H,5-7,11-13H2,1H3,(H,36,39)/t14-,19?,20+,24?/m1/s1. The van der Waals surface area contributed by atoms with E-state index in [0.29, 0.717) is 40.2 Å². The van der Waals surface area contributed by atoms with E-state index >= 15 is 0 Å². The number of halogens is 6. The third-order valence-electron chi connectivity index (χ3n) is 8.23. The Morgan fingerprint density at radius 3 is 2.54 bits per heavy atom. The Morgan fingerprint density at radius 1 is 1.15 bits per heavy atom. The van der Waals surface area contributed by atoms with Crippen LogP contribution in [0.5, 0.6) is 0 Å². The van der Waals surface area contributed by atoms with E-state index in [4.69, 9.17) is 32.5 Å². The molecule has 12 heteroatoms. The van der Waals surface area contributed by atoms with Crippen LogP contribution in [0.2, 0.25) is 10.0 Å². The summed E-state index contributed by atoms with van der Waals surface area (Å²) in [5, 5.41) is 7.71. The summed E-state index contributed by atoms with van der Waals surface area (Å²) < 4.78 is 65.5. The number of benzene rings is 2. The van der Waals surface area contributed by atoms with Crippen LogP contribution in [0.1, 0.15) is 61.8 Å². The predicted molar refractivity (Wildman–Crippen MR) is 145 cm³/mol. The molecule has 0 radical (unpaired) electrons. The third-order valence-corrected chi connectivity index (χ3v) is 8.86. The van der Waals surface area contributed by atoms with Gasteiger partial charge in [0.2, 0.25) is 0 Å². The lowest BCUT2D eigenvalue weighted by atomic mass is 9.97. The number of aromatic nitrogens is 1. The van der Waals surface area contributed by atoms with Crippen molar-refractivity contribution >= 4 is 34.9 Å². The molecule has 1 aliphatic carbocycles. The molecule has 41 heavy (non-hydrogen) atoms. The number of urea groups is 1. The van der Waals surface area contributed by atoms with Crippen molar-refractivity contribution in [3.05, 3.63) is 69.1 Å². The summed E-state index contributed by atoms with van der Waals surface area (Å²) in [5.74, 6) is 0.138. The van der Waals surface area contributed by atoms with Gasteiger partial charge in [-0.1, -0.05) is 41.3 Å². The molecule has 2 bridgehead atoms. The Balaban J connectivity index is 1.17. The highest BCUT2D eigenvalue weighted by Gasteiger charge is 2.48. The summed E-state index contributed by atoms with van der Waals surface area (Å²) in [6, 6.07) is 6.36. The van der Waals surface area contributed by atoms with Crippen LogP contribution < -0.4 is 5.32 Å². The molecule has 6 nitrogen and oxygen atoms in total. The van der Waals surface area contributed by atoms with Crippen molar-refractivity contribution in [2.24, 2.45) is 5.92 Å². The monoisotopic (exact) mass is 611 g/mol. The van der Waals surface area contributed by atoms with Crippen molar-refractivity contribution in [1.29, 1.82) is 0 Å². The molecule has 1 saturated carbocycles. The highest BCUT2D eigenvalue weighted by Crippen LogP contribution is 2.47. The van der Waals surface area contributed by atoms with Crippen LogP contribution in [0, 0.1) is 11.7 Å². The molecule has 2 unspecified atom stereocenters. The van der Waals surface area contributed by atoms with Crippen molar-refractivity contribution in [2.45, 2.75) is 75.9 Å². The lowest BCUT2D eigenvalue weighted by Crippen LogP contribution is -2.51. The van der Waals surface area contributed by atoms with Crippen molar-refractivity contribution < 1.29 is 31.6 Å². The molecule has 1 N–H and O–H groups in total. The average Bonchev–Trinajstić information content (AvgIpc) is 3.62. The third kappa shape index (κ3) is 5.66. The molecule has 2 saturated heterocycles. The van der Waals surface area contributed by atoms with Crippen LogP contribution in [-0.2, 0) is 17.5 Å². The molecule has 2 amide bonds. The SMILES string of the molecule is C[C@@H]1CC2C[C@H](OCc3c(-c4c(Cl)cccc4Cl)noc3C3CC3)CC1N2C(=O)Nc1cc(F)cc(C(F)(F)F)c1. The number of nitrogens with one attached hydrogen (secondary N) is 1. The van der Waals surface area contributed by atoms with Crippen LogP contribution in [0.3, 0.4) is 0 Å². The molecule has 3 aliphatic rings. The van der Waals surface area contributed by atoms with Gasteiger partial charge in [-0.25, -0.2) is 9.18 Å². The van der Waals surface area contributed by atoms with E-state index in [9.17, 15) is 22.4 Å². The zero-order valence-electron chi connectivity index (χ0n) is 22.0. The van der Waals surface area contributed by atoms with E-state index < -0.39 is 23.6 Å². The molecule has 4 atom stereocenters. The van der Waals surface area contributed by atoms with Gasteiger partial charge in [0.1, 0.15) is 17.3 Å². The summed E-state index contributed by atoms with van der Waals surface area (Å²) in [4.78, 5) is 14.9. The fourth-order valence-corrected chi connectivity index (χ4v) is 6.76. The number of anilines is 1. The van der Waals surface area contributed by atoms with E-state index in [-0.39, 0.29) is 42.3 Å². The molecule has 3 aromatic rings. The van der Waals surface area contributed by atoms with E-state index in [0.717, 1.165) is 42.7 Å². The van der Waals surface area contributed by atoms with E-state index in [2.05, 4.69) is 10.5 Å². The van der Waals surface area contributed by atoms with E-state index in [1.54, 1.807) is 23.1 Å². The minimum atomic E-state index is -4.73. The number of carbonyl (C=O) groups excluding carboxylic acids is 1. The van der Waals surface area contributed by atoms with E-state index in [1.807, 2.05) is 6.92 Å². The van der Waals surface area contributed by atoms with Crippen LogP contribution in [0.25, 0.3) is 11.3 Å². The molecular formula is C29H27Cl2F4N3O3. The number of hydrogen-bond donors (Lipinski definition) is 1. The largest absolute Gasteiger partial charge is 0.416 e. The topological polar surface area (TPSA) is 67.6 Å². The van der Waals surface area contributed by atoms with Crippen LogP contribution in [0.4, 0.5) is 28.0 Å². The zero-order chi connectivity index (χ0) is 29.1. The summed E-state index contributed by atoms with van der Waals surface area (Å²) >= 11 is 12.9. The van der Waals surface area contributed by atoms with Crippen LogP contribution in [-0.4, -0.2) is 34.3 Å². The summed E-state index contributed by atoms with van der Waals surface area (Å²) in [7, 11) is 0. The first-order valence-corrected chi connectivity index (χ1v) is 14.3. The molecule has 3 fully saturated rings. The predicted octanol–water partition coefficient (Wildman–Crippen LogP) is 8.67. The van der Waals surface area contributed by atoms with Crippen molar-refractivity contribution in [1.82, 2.24) is 10.1 Å². The Kier molecular flexibility index (Phi) is 7.45. The lowest BCUT2D eigenvalue weighted by Gasteiger charge is -2.39. The fourth-order valence-electron chi connectivity index (χ4n) is 6.18. The molecule has 0 spiro atoms. The van der Waals surface area contributed by atoms with Gasteiger partial charge in [0.15, 0.2) is 0 Å². The van der Waals surface area contributed by atoms with Gasteiger partial charge in [-0.3, -0.25) is 0 Å².